The number of ether oxygens (including phenoxy) is 1. The summed E-state index contributed by atoms with van der Waals surface area (Å²) in [5, 5.41) is 8.20. The van der Waals surface area contributed by atoms with Gasteiger partial charge in [-0.2, -0.15) is 4.98 Å². The molecule has 1 atom stereocenters. The third kappa shape index (κ3) is 4.56. The van der Waals surface area contributed by atoms with Gasteiger partial charge in [-0.15, -0.1) is 0 Å². The third-order valence-electron chi connectivity index (χ3n) is 4.79. The molecule has 1 N–H and O–H groups in total. The van der Waals surface area contributed by atoms with Crippen molar-refractivity contribution in [2.75, 3.05) is 13.1 Å². The maximum absolute atomic E-state index is 12.3. The molecule has 1 aliphatic heterocycles. The van der Waals surface area contributed by atoms with E-state index in [1.54, 1.807) is 17.3 Å². The summed E-state index contributed by atoms with van der Waals surface area (Å²) in [6, 6.07) is 3.54. The fourth-order valence-corrected chi connectivity index (χ4v) is 3.42. The number of pyridine rings is 1. The summed E-state index contributed by atoms with van der Waals surface area (Å²) in [5.41, 5.74) is 0.256. The second kappa shape index (κ2) is 7.82. The second-order valence-corrected chi connectivity index (χ2v) is 8.18. The molecule has 154 valence electrons. The largest absolute Gasteiger partial charge is 0.459 e. The van der Waals surface area contributed by atoms with Gasteiger partial charge in [0.2, 0.25) is 0 Å². The number of hydrogen-bond donors (Lipinski definition) is 1. The number of nitrogens with one attached hydrogen (secondary N) is 1. The highest BCUT2D eigenvalue weighted by Crippen LogP contribution is 2.28. The molecule has 9 nitrogen and oxygen atoms in total. The van der Waals surface area contributed by atoms with Gasteiger partial charge < -0.3 is 18.6 Å². The van der Waals surface area contributed by atoms with Gasteiger partial charge in [-0.1, -0.05) is 5.16 Å². The first-order chi connectivity index (χ1) is 13.9. The van der Waals surface area contributed by atoms with E-state index < -0.39 is 5.60 Å². The number of carbonyl (C=O) groups is 1. The molecule has 29 heavy (non-hydrogen) atoms. The molecule has 1 aliphatic rings. The molecular formula is C20H25N5O4. The molecule has 3 aromatic rings. The molecule has 0 spiro atoms. The van der Waals surface area contributed by atoms with Crippen molar-refractivity contribution in [2.45, 2.75) is 51.3 Å². The van der Waals surface area contributed by atoms with Crippen molar-refractivity contribution in [1.29, 1.82) is 0 Å². The molecule has 1 saturated heterocycles. The van der Waals surface area contributed by atoms with Crippen molar-refractivity contribution in [3.63, 3.8) is 0 Å². The summed E-state index contributed by atoms with van der Waals surface area (Å²) >= 11 is 0. The van der Waals surface area contributed by atoms with Gasteiger partial charge in [-0.3, -0.25) is 10.3 Å². The lowest BCUT2D eigenvalue weighted by molar-refractivity contribution is 0.0195. The quantitative estimate of drug-likeness (QED) is 0.712. The van der Waals surface area contributed by atoms with Gasteiger partial charge in [0.25, 0.3) is 5.89 Å². The van der Waals surface area contributed by atoms with Gasteiger partial charge in [-0.05, 0) is 45.7 Å². The van der Waals surface area contributed by atoms with Gasteiger partial charge in [0.15, 0.2) is 6.33 Å². The number of aromatic nitrogens is 3. The van der Waals surface area contributed by atoms with E-state index in [2.05, 4.69) is 20.4 Å². The highest BCUT2D eigenvalue weighted by atomic mass is 16.6. The Labute approximate surface area is 168 Å². The zero-order valence-electron chi connectivity index (χ0n) is 16.8. The number of likely N-dealkylation sites (tertiary alicyclic amines) is 1. The first-order valence-corrected chi connectivity index (χ1v) is 9.73. The molecule has 4 rings (SSSR count). The predicted molar refractivity (Wildman–Crippen MR) is 104 cm³/mol. The molecule has 3 aromatic heterocycles. The van der Waals surface area contributed by atoms with E-state index in [4.69, 9.17) is 13.7 Å². The molecule has 1 fully saturated rings. The van der Waals surface area contributed by atoms with E-state index in [1.165, 1.54) is 6.33 Å². The summed E-state index contributed by atoms with van der Waals surface area (Å²) in [5.74, 6) is 1.12. The lowest BCUT2D eigenvalue weighted by atomic mass is 10.0. The minimum absolute atomic E-state index is 0.164. The number of nitrogens with zero attached hydrogens (tertiary/aromatic N) is 4. The Balaban J connectivity index is 1.45. The van der Waals surface area contributed by atoms with E-state index in [0.717, 1.165) is 23.8 Å². The first-order valence-electron chi connectivity index (χ1n) is 9.73. The summed E-state index contributed by atoms with van der Waals surface area (Å²) < 4.78 is 16.8. The van der Waals surface area contributed by atoms with Gasteiger partial charge in [-0.25, -0.2) is 4.79 Å². The maximum Gasteiger partial charge on any atom is 0.410 e. The van der Waals surface area contributed by atoms with Gasteiger partial charge >= 0.3 is 6.09 Å². The highest BCUT2D eigenvalue weighted by molar-refractivity contribution is 5.76. The second-order valence-electron chi connectivity index (χ2n) is 8.18. The average molecular weight is 399 g/mol. The van der Waals surface area contributed by atoms with Gasteiger partial charge in [0, 0.05) is 36.9 Å². The van der Waals surface area contributed by atoms with Crippen LogP contribution in [-0.2, 0) is 4.74 Å². The van der Waals surface area contributed by atoms with Crippen molar-refractivity contribution in [3.05, 3.63) is 42.5 Å². The fourth-order valence-electron chi connectivity index (χ4n) is 3.42. The van der Waals surface area contributed by atoms with Crippen LogP contribution in [0, 0.1) is 0 Å². The maximum atomic E-state index is 12.3. The number of hydrogen-bond acceptors (Lipinski definition) is 8. The van der Waals surface area contributed by atoms with E-state index in [9.17, 15) is 4.79 Å². The number of furan rings is 1. The summed E-state index contributed by atoms with van der Waals surface area (Å²) in [4.78, 5) is 22.4. The summed E-state index contributed by atoms with van der Waals surface area (Å²) in [6.07, 6.45) is 6.12. The van der Waals surface area contributed by atoms with Crippen LogP contribution in [0.3, 0.4) is 0 Å². The molecule has 1 amide bonds. The topological polar surface area (TPSA) is 107 Å². The van der Waals surface area contributed by atoms with Crippen LogP contribution in [0.25, 0.3) is 11.0 Å². The van der Waals surface area contributed by atoms with Crippen LogP contribution in [-0.4, -0.2) is 50.9 Å². The molecule has 4 heterocycles. The third-order valence-corrected chi connectivity index (χ3v) is 4.79. The molecule has 0 aromatic carbocycles. The summed E-state index contributed by atoms with van der Waals surface area (Å²) in [7, 11) is 0. The Bertz CT molecular complexity index is 922. The van der Waals surface area contributed by atoms with Crippen molar-refractivity contribution in [1.82, 2.24) is 25.3 Å². The molecule has 0 aliphatic carbocycles. The lowest BCUT2D eigenvalue weighted by Crippen LogP contribution is -2.47. The minimum Gasteiger partial charge on any atom is -0.459 e. The van der Waals surface area contributed by atoms with Crippen molar-refractivity contribution < 1.29 is 18.5 Å². The molecular weight excluding hydrogens is 374 g/mol. The van der Waals surface area contributed by atoms with Gasteiger partial charge in [0.1, 0.15) is 23.0 Å². The Kier molecular flexibility index (Phi) is 5.23. The Morgan fingerprint density at radius 3 is 2.79 bits per heavy atom. The molecule has 0 bridgehead atoms. The van der Waals surface area contributed by atoms with E-state index in [1.807, 2.05) is 32.9 Å². The van der Waals surface area contributed by atoms with Crippen LogP contribution in [0.15, 0.2) is 39.8 Å². The van der Waals surface area contributed by atoms with Crippen molar-refractivity contribution >= 4 is 17.1 Å². The number of carbonyl (C=O) groups excluding carboxylic acids is 1. The van der Waals surface area contributed by atoms with Crippen LogP contribution in [0.1, 0.15) is 51.3 Å². The molecule has 0 saturated carbocycles. The van der Waals surface area contributed by atoms with Crippen LogP contribution >= 0.6 is 0 Å². The molecule has 9 heteroatoms. The van der Waals surface area contributed by atoms with Crippen molar-refractivity contribution in [3.8, 4) is 0 Å². The number of amides is 1. The first kappa shape index (κ1) is 19.4. The zero-order chi connectivity index (χ0) is 20.4. The Hall–Kier alpha value is -2.94. The molecule has 1 unspecified atom stereocenters. The summed E-state index contributed by atoms with van der Waals surface area (Å²) in [6.45, 7) is 6.85. The average Bonchev–Trinajstić information content (AvgIpc) is 3.35. The number of fused-ring (bicyclic) bond motifs is 1. The van der Waals surface area contributed by atoms with Crippen molar-refractivity contribution in [2.24, 2.45) is 0 Å². The van der Waals surface area contributed by atoms with Gasteiger partial charge in [0.05, 0.1) is 0 Å². The Morgan fingerprint density at radius 1 is 1.34 bits per heavy atom. The predicted octanol–water partition coefficient (Wildman–Crippen LogP) is 3.29. The normalized spacial score (nSPS) is 16.9. The minimum atomic E-state index is -0.495. The monoisotopic (exact) mass is 399 g/mol. The number of piperidine rings is 1. The van der Waals surface area contributed by atoms with Crippen LogP contribution < -0.4 is 5.32 Å². The van der Waals surface area contributed by atoms with Crippen LogP contribution in [0.5, 0.6) is 0 Å². The Morgan fingerprint density at radius 2 is 2.14 bits per heavy atom. The highest BCUT2D eigenvalue weighted by Gasteiger charge is 2.31. The SMILES string of the molecule is CC(C)(C)OC(=O)N1CCC(NC(c2cc3cnccc3o2)c2ncno2)CC1. The molecule has 0 radical (unpaired) electrons. The van der Waals surface area contributed by atoms with E-state index in [0.29, 0.717) is 24.7 Å². The van der Waals surface area contributed by atoms with Crippen LogP contribution in [0.2, 0.25) is 0 Å². The standard InChI is InChI=1S/C20H25N5O4/c1-20(2,3)28-19(26)25-8-5-14(6-9-25)24-17(18-22-12-23-29-18)16-10-13-11-21-7-4-15(13)27-16/h4,7,10-12,14,17,24H,5-6,8-9H2,1-3H3. The smallest absolute Gasteiger partial charge is 0.410 e. The fraction of sp³-hybridized carbons (Fsp3) is 0.500. The van der Waals surface area contributed by atoms with E-state index >= 15 is 0 Å². The lowest BCUT2D eigenvalue weighted by Gasteiger charge is -2.34. The van der Waals surface area contributed by atoms with Crippen LogP contribution in [0.4, 0.5) is 4.79 Å². The zero-order valence-corrected chi connectivity index (χ0v) is 16.8. The number of rotatable bonds is 4. The van der Waals surface area contributed by atoms with E-state index in [-0.39, 0.29) is 18.2 Å².